The van der Waals surface area contributed by atoms with Crippen LogP contribution in [0.2, 0.25) is 0 Å². The van der Waals surface area contributed by atoms with Crippen LogP contribution in [0.25, 0.3) is 0 Å². The molecule has 0 aromatic carbocycles. The zero-order valence-electron chi connectivity index (χ0n) is 15.0. The standard InChI is InChI=1S/C17H28N4O4/c1-11-5-6-17(21(11)15(24)14(18)12(2)22)10-20(16(17)25)9-13(23)19-7-3-4-8-19/h11-12,14,22H,3-10,18H2,1-2H3. The highest BCUT2D eigenvalue weighted by Crippen LogP contribution is 2.42. The molecule has 0 aromatic heterocycles. The van der Waals surface area contributed by atoms with Crippen LogP contribution in [0.3, 0.4) is 0 Å². The number of likely N-dealkylation sites (tertiary alicyclic amines) is 3. The third-order valence-electron chi connectivity index (χ3n) is 5.84. The second kappa shape index (κ2) is 6.57. The minimum absolute atomic E-state index is 0.0229. The average Bonchev–Trinajstić information content (AvgIpc) is 3.22. The molecule has 0 saturated carbocycles. The predicted octanol–water partition coefficient (Wildman–Crippen LogP) is -1.09. The maximum Gasteiger partial charge on any atom is 0.250 e. The van der Waals surface area contributed by atoms with Crippen LogP contribution in [0.15, 0.2) is 0 Å². The van der Waals surface area contributed by atoms with E-state index in [4.69, 9.17) is 5.73 Å². The highest BCUT2D eigenvalue weighted by Gasteiger charge is 2.62. The van der Waals surface area contributed by atoms with Crippen molar-refractivity contribution in [1.82, 2.24) is 14.7 Å². The van der Waals surface area contributed by atoms with Gasteiger partial charge < -0.3 is 25.5 Å². The van der Waals surface area contributed by atoms with Gasteiger partial charge in [-0.25, -0.2) is 0 Å². The fraction of sp³-hybridized carbons (Fsp3) is 0.824. The Labute approximate surface area is 147 Å². The van der Waals surface area contributed by atoms with Gasteiger partial charge in [-0.2, -0.15) is 0 Å². The third kappa shape index (κ3) is 2.91. The average molecular weight is 352 g/mol. The van der Waals surface area contributed by atoms with Gasteiger partial charge in [0.05, 0.1) is 19.2 Å². The molecule has 0 aromatic rings. The molecule has 1 spiro atoms. The molecule has 3 N–H and O–H groups in total. The zero-order valence-corrected chi connectivity index (χ0v) is 15.0. The van der Waals surface area contributed by atoms with Crippen molar-refractivity contribution in [2.24, 2.45) is 5.73 Å². The van der Waals surface area contributed by atoms with Crippen LogP contribution < -0.4 is 5.73 Å². The largest absolute Gasteiger partial charge is 0.391 e. The van der Waals surface area contributed by atoms with E-state index in [-0.39, 0.29) is 30.3 Å². The van der Waals surface area contributed by atoms with Gasteiger partial charge in [-0.1, -0.05) is 0 Å². The Kier molecular flexibility index (Phi) is 4.76. The Bertz CT molecular complexity index is 575. The third-order valence-corrected chi connectivity index (χ3v) is 5.84. The lowest BCUT2D eigenvalue weighted by molar-refractivity contribution is -0.172. The molecular weight excluding hydrogens is 324 g/mol. The van der Waals surface area contributed by atoms with Crippen LogP contribution in [0.4, 0.5) is 0 Å². The fourth-order valence-corrected chi connectivity index (χ4v) is 4.30. The first-order chi connectivity index (χ1) is 11.8. The van der Waals surface area contributed by atoms with Gasteiger partial charge in [-0.3, -0.25) is 14.4 Å². The summed E-state index contributed by atoms with van der Waals surface area (Å²) in [7, 11) is 0. The van der Waals surface area contributed by atoms with E-state index in [1.807, 2.05) is 6.92 Å². The van der Waals surface area contributed by atoms with E-state index in [9.17, 15) is 19.5 Å². The molecule has 8 nitrogen and oxygen atoms in total. The number of aliphatic hydroxyl groups is 1. The van der Waals surface area contributed by atoms with E-state index in [1.165, 1.54) is 11.8 Å². The quantitative estimate of drug-likeness (QED) is 0.625. The van der Waals surface area contributed by atoms with E-state index >= 15 is 0 Å². The summed E-state index contributed by atoms with van der Waals surface area (Å²) in [4.78, 5) is 42.7. The van der Waals surface area contributed by atoms with Gasteiger partial charge in [-0.05, 0) is 39.5 Å². The second-order valence-electron chi connectivity index (χ2n) is 7.64. The SMILES string of the molecule is CC(O)C(N)C(=O)N1C(C)CCC12CN(CC(=O)N1CCCC1)C2=O. The molecule has 8 heteroatoms. The van der Waals surface area contributed by atoms with Gasteiger partial charge in [-0.15, -0.1) is 0 Å². The number of carbonyl (C=O) groups is 3. The van der Waals surface area contributed by atoms with Gasteiger partial charge in [0, 0.05) is 19.1 Å². The Hall–Kier alpha value is -1.67. The minimum atomic E-state index is -1.04. The van der Waals surface area contributed by atoms with Crippen molar-refractivity contribution in [3.8, 4) is 0 Å². The van der Waals surface area contributed by atoms with Crippen LogP contribution in [0, 0.1) is 0 Å². The first kappa shape index (κ1) is 18.1. The molecular formula is C17H28N4O4. The molecule has 4 unspecified atom stereocenters. The minimum Gasteiger partial charge on any atom is -0.391 e. The first-order valence-corrected chi connectivity index (χ1v) is 9.12. The van der Waals surface area contributed by atoms with E-state index in [0.29, 0.717) is 13.0 Å². The molecule has 3 saturated heterocycles. The van der Waals surface area contributed by atoms with Crippen molar-refractivity contribution < 1.29 is 19.5 Å². The van der Waals surface area contributed by atoms with Crippen molar-refractivity contribution in [3.05, 3.63) is 0 Å². The number of nitrogens with two attached hydrogens (primary N) is 1. The highest BCUT2D eigenvalue weighted by molar-refractivity contribution is 6.00. The number of hydrogen-bond donors (Lipinski definition) is 2. The fourth-order valence-electron chi connectivity index (χ4n) is 4.30. The van der Waals surface area contributed by atoms with Crippen LogP contribution in [-0.4, -0.2) is 87.4 Å². The number of β-lactam (4-membered cyclic amide) rings is 1. The second-order valence-corrected chi connectivity index (χ2v) is 7.64. The number of aliphatic hydroxyl groups excluding tert-OH is 1. The highest BCUT2D eigenvalue weighted by atomic mass is 16.3. The molecule has 0 bridgehead atoms. The molecule has 0 radical (unpaired) electrons. The molecule has 3 aliphatic rings. The normalized spacial score (nSPS) is 31.4. The molecule has 0 aliphatic carbocycles. The maximum atomic E-state index is 12.8. The van der Waals surface area contributed by atoms with Crippen molar-refractivity contribution in [3.63, 3.8) is 0 Å². The molecule has 3 rings (SSSR count). The Morgan fingerprint density at radius 3 is 2.56 bits per heavy atom. The van der Waals surface area contributed by atoms with Crippen molar-refractivity contribution in [2.45, 2.75) is 63.3 Å². The monoisotopic (exact) mass is 352 g/mol. The van der Waals surface area contributed by atoms with Crippen LogP contribution in [0.5, 0.6) is 0 Å². The number of carbonyl (C=O) groups excluding carboxylic acids is 3. The summed E-state index contributed by atoms with van der Waals surface area (Å²) in [6, 6.07) is -1.14. The smallest absolute Gasteiger partial charge is 0.250 e. The summed E-state index contributed by atoms with van der Waals surface area (Å²) >= 11 is 0. The van der Waals surface area contributed by atoms with Crippen LogP contribution in [-0.2, 0) is 14.4 Å². The molecule has 3 fully saturated rings. The topological polar surface area (TPSA) is 107 Å². The van der Waals surface area contributed by atoms with E-state index in [2.05, 4.69) is 0 Å². The Morgan fingerprint density at radius 1 is 1.36 bits per heavy atom. The van der Waals surface area contributed by atoms with Gasteiger partial charge in [0.1, 0.15) is 11.6 Å². The van der Waals surface area contributed by atoms with E-state index in [1.54, 1.807) is 9.80 Å². The summed E-state index contributed by atoms with van der Waals surface area (Å²) in [6.45, 7) is 5.34. The number of rotatable bonds is 4. The Balaban J connectivity index is 1.68. The van der Waals surface area contributed by atoms with Crippen molar-refractivity contribution in [1.29, 1.82) is 0 Å². The van der Waals surface area contributed by atoms with Gasteiger partial charge in [0.15, 0.2) is 0 Å². The summed E-state index contributed by atoms with van der Waals surface area (Å²) in [5, 5.41) is 9.64. The van der Waals surface area contributed by atoms with E-state index in [0.717, 1.165) is 32.4 Å². The zero-order chi connectivity index (χ0) is 18.4. The summed E-state index contributed by atoms with van der Waals surface area (Å²) in [5.41, 5.74) is 4.94. The summed E-state index contributed by atoms with van der Waals surface area (Å²) in [5.74, 6) is -0.584. The first-order valence-electron chi connectivity index (χ1n) is 9.12. The number of nitrogens with zero attached hydrogens (tertiary/aromatic N) is 3. The molecule has 3 amide bonds. The van der Waals surface area contributed by atoms with E-state index < -0.39 is 17.7 Å². The van der Waals surface area contributed by atoms with Crippen LogP contribution in [0.1, 0.15) is 39.5 Å². The predicted molar refractivity (Wildman–Crippen MR) is 90.3 cm³/mol. The van der Waals surface area contributed by atoms with Gasteiger partial charge >= 0.3 is 0 Å². The number of amides is 3. The van der Waals surface area contributed by atoms with Crippen LogP contribution >= 0.6 is 0 Å². The summed E-state index contributed by atoms with van der Waals surface area (Å²) in [6.07, 6.45) is 2.36. The molecule has 140 valence electrons. The summed E-state index contributed by atoms with van der Waals surface area (Å²) < 4.78 is 0. The molecule has 3 heterocycles. The number of hydrogen-bond acceptors (Lipinski definition) is 5. The molecule has 25 heavy (non-hydrogen) atoms. The lowest BCUT2D eigenvalue weighted by atomic mass is 9.85. The Morgan fingerprint density at radius 2 is 2.00 bits per heavy atom. The van der Waals surface area contributed by atoms with Crippen molar-refractivity contribution >= 4 is 17.7 Å². The van der Waals surface area contributed by atoms with Gasteiger partial charge in [0.25, 0.3) is 5.91 Å². The molecule has 3 aliphatic heterocycles. The maximum absolute atomic E-state index is 12.8. The molecule has 4 atom stereocenters. The van der Waals surface area contributed by atoms with Gasteiger partial charge in [0.2, 0.25) is 11.8 Å². The van der Waals surface area contributed by atoms with Crippen molar-refractivity contribution in [2.75, 3.05) is 26.2 Å². The lowest BCUT2D eigenvalue weighted by Crippen LogP contribution is -2.75. The lowest BCUT2D eigenvalue weighted by Gasteiger charge is -2.52.